The molecule has 0 spiro atoms. The van der Waals surface area contributed by atoms with Gasteiger partial charge in [0.05, 0.1) is 10.0 Å². The molecule has 0 saturated heterocycles. The Morgan fingerprint density at radius 3 is 2.80 bits per heavy atom. The average Bonchev–Trinajstić information content (AvgIpc) is 2.52. The van der Waals surface area contributed by atoms with Crippen LogP contribution >= 0.6 is 23.2 Å². The van der Waals surface area contributed by atoms with Crippen LogP contribution in [0.4, 0.5) is 0 Å². The van der Waals surface area contributed by atoms with Crippen LogP contribution in [-0.2, 0) is 10.3 Å². The molecule has 0 fully saturated rings. The Morgan fingerprint density at radius 2 is 2.20 bits per heavy atom. The Kier molecular flexibility index (Phi) is 2.52. The quantitative estimate of drug-likeness (QED) is 0.826. The van der Waals surface area contributed by atoms with E-state index < -0.39 is 5.54 Å². The van der Waals surface area contributed by atoms with E-state index in [2.05, 4.69) is 4.99 Å². The van der Waals surface area contributed by atoms with Crippen molar-refractivity contribution in [3.05, 3.63) is 33.8 Å². The summed E-state index contributed by atoms with van der Waals surface area (Å²) in [7, 11) is 0. The zero-order valence-electron chi connectivity index (χ0n) is 8.13. The van der Waals surface area contributed by atoms with E-state index in [1.807, 2.05) is 19.1 Å². The largest absolute Gasteiger partial charge is 0.462 e. The third kappa shape index (κ3) is 1.77. The van der Waals surface area contributed by atoms with Crippen LogP contribution in [-0.4, -0.2) is 12.6 Å². The molecule has 1 aromatic carbocycles. The first-order valence-corrected chi connectivity index (χ1v) is 5.21. The summed E-state index contributed by atoms with van der Waals surface area (Å²) in [4.78, 5) is 4.22. The molecule has 80 valence electrons. The van der Waals surface area contributed by atoms with Crippen molar-refractivity contribution in [2.75, 3.05) is 6.61 Å². The van der Waals surface area contributed by atoms with Crippen molar-refractivity contribution in [2.45, 2.75) is 12.5 Å². The predicted octanol–water partition coefficient (Wildman–Crippen LogP) is 2.55. The van der Waals surface area contributed by atoms with Gasteiger partial charge in [-0.25, -0.2) is 4.99 Å². The number of hydrogen-bond acceptors (Lipinski definition) is 3. The second kappa shape index (κ2) is 3.58. The predicted molar refractivity (Wildman–Crippen MR) is 61.4 cm³/mol. The highest BCUT2D eigenvalue weighted by Crippen LogP contribution is 2.37. The first-order chi connectivity index (χ1) is 7.03. The van der Waals surface area contributed by atoms with Crippen molar-refractivity contribution in [1.29, 1.82) is 0 Å². The van der Waals surface area contributed by atoms with Crippen LogP contribution in [0, 0.1) is 0 Å². The molecule has 5 heteroatoms. The fourth-order valence-corrected chi connectivity index (χ4v) is 2.08. The molecule has 15 heavy (non-hydrogen) atoms. The lowest BCUT2D eigenvalue weighted by Crippen LogP contribution is -2.21. The van der Waals surface area contributed by atoms with Gasteiger partial charge in [-0.15, -0.1) is 0 Å². The number of hydrogen-bond donors (Lipinski definition) is 1. The minimum Gasteiger partial charge on any atom is -0.462 e. The highest BCUT2D eigenvalue weighted by molar-refractivity contribution is 6.42. The first-order valence-electron chi connectivity index (χ1n) is 4.45. The van der Waals surface area contributed by atoms with E-state index >= 15 is 0 Å². The van der Waals surface area contributed by atoms with E-state index in [0.717, 1.165) is 5.56 Å². The lowest BCUT2D eigenvalue weighted by atomic mass is 9.94. The van der Waals surface area contributed by atoms with Crippen molar-refractivity contribution in [2.24, 2.45) is 10.7 Å². The van der Waals surface area contributed by atoms with Crippen LogP contribution in [0.5, 0.6) is 0 Å². The van der Waals surface area contributed by atoms with E-state index in [1.165, 1.54) is 0 Å². The molecular weight excluding hydrogens is 235 g/mol. The lowest BCUT2D eigenvalue weighted by molar-refractivity contribution is 0.266. The molecule has 1 aliphatic heterocycles. The Labute approximate surface area is 97.8 Å². The Bertz CT molecular complexity index is 433. The SMILES string of the molecule is CC1(c2cccc(Cl)c2Cl)COC(N)=N1. The third-order valence-corrected chi connectivity index (χ3v) is 3.21. The minimum absolute atomic E-state index is 0.188. The summed E-state index contributed by atoms with van der Waals surface area (Å²) in [5.41, 5.74) is 5.78. The maximum Gasteiger partial charge on any atom is 0.283 e. The van der Waals surface area contributed by atoms with Crippen LogP contribution in [0.1, 0.15) is 12.5 Å². The molecule has 0 radical (unpaired) electrons. The summed E-state index contributed by atoms with van der Waals surface area (Å²) >= 11 is 12.1. The molecular formula is C10H10Cl2N2O. The van der Waals surface area contributed by atoms with Gasteiger partial charge in [0.15, 0.2) is 0 Å². The molecule has 1 atom stereocenters. The Balaban J connectivity index is 2.50. The molecule has 1 heterocycles. The summed E-state index contributed by atoms with van der Waals surface area (Å²) in [6.07, 6.45) is 0. The number of benzene rings is 1. The maximum absolute atomic E-state index is 6.11. The Hall–Kier alpha value is -0.930. The van der Waals surface area contributed by atoms with Gasteiger partial charge in [-0.05, 0) is 13.0 Å². The smallest absolute Gasteiger partial charge is 0.283 e. The van der Waals surface area contributed by atoms with Crippen molar-refractivity contribution in [1.82, 2.24) is 0 Å². The van der Waals surface area contributed by atoms with E-state index in [4.69, 9.17) is 33.7 Å². The summed E-state index contributed by atoms with van der Waals surface area (Å²) in [6, 6.07) is 5.63. The summed E-state index contributed by atoms with van der Waals surface area (Å²) in [6.45, 7) is 2.29. The summed E-state index contributed by atoms with van der Waals surface area (Å²) < 4.78 is 5.14. The fraction of sp³-hybridized carbons (Fsp3) is 0.300. The lowest BCUT2D eigenvalue weighted by Gasteiger charge is -2.20. The van der Waals surface area contributed by atoms with Crippen molar-refractivity contribution in [3.63, 3.8) is 0 Å². The standard InChI is InChI=1S/C10H10Cl2N2O/c1-10(5-15-9(13)14-10)6-3-2-4-7(11)8(6)12/h2-4H,5H2,1H3,(H2,13,14). The molecule has 1 unspecified atom stereocenters. The van der Waals surface area contributed by atoms with Crippen LogP contribution in [0.25, 0.3) is 0 Å². The molecule has 3 nitrogen and oxygen atoms in total. The summed E-state index contributed by atoms with van der Waals surface area (Å²) in [5.74, 6) is 0. The molecule has 2 rings (SSSR count). The minimum atomic E-state index is -0.536. The monoisotopic (exact) mass is 244 g/mol. The Morgan fingerprint density at radius 1 is 1.47 bits per heavy atom. The highest BCUT2D eigenvalue weighted by Gasteiger charge is 2.35. The van der Waals surface area contributed by atoms with E-state index in [-0.39, 0.29) is 6.02 Å². The van der Waals surface area contributed by atoms with Gasteiger partial charge in [0, 0.05) is 5.56 Å². The molecule has 0 bridgehead atoms. The van der Waals surface area contributed by atoms with Crippen LogP contribution < -0.4 is 5.73 Å². The molecule has 0 amide bonds. The molecule has 0 saturated carbocycles. The van der Waals surface area contributed by atoms with E-state index in [9.17, 15) is 0 Å². The fourth-order valence-electron chi connectivity index (χ4n) is 1.58. The van der Waals surface area contributed by atoms with Crippen molar-refractivity contribution in [3.8, 4) is 0 Å². The van der Waals surface area contributed by atoms with E-state index in [0.29, 0.717) is 16.7 Å². The van der Waals surface area contributed by atoms with Crippen LogP contribution in [0.3, 0.4) is 0 Å². The highest BCUT2D eigenvalue weighted by atomic mass is 35.5. The first kappa shape index (κ1) is 10.6. The molecule has 1 aliphatic rings. The van der Waals surface area contributed by atoms with Gasteiger partial charge in [0.2, 0.25) is 0 Å². The van der Waals surface area contributed by atoms with Crippen LogP contribution in [0.15, 0.2) is 23.2 Å². The number of ether oxygens (including phenoxy) is 1. The van der Waals surface area contributed by atoms with Gasteiger partial charge >= 0.3 is 0 Å². The average molecular weight is 245 g/mol. The number of nitrogens with two attached hydrogens (primary N) is 1. The normalized spacial score (nSPS) is 24.9. The molecule has 2 N–H and O–H groups in total. The number of rotatable bonds is 1. The zero-order valence-corrected chi connectivity index (χ0v) is 9.64. The van der Waals surface area contributed by atoms with Gasteiger partial charge in [-0.3, -0.25) is 0 Å². The second-order valence-corrected chi connectivity index (χ2v) is 4.40. The summed E-state index contributed by atoms with van der Waals surface area (Å²) in [5, 5.41) is 1.01. The molecule has 1 aromatic rings. The van der Waals surface area contributed by atoms with Gasteiger partial charge < -0.3 is 10.5 Å². The zero-order chi connectivity index (χ0) is 11.1. The molecule has 0 aliphatic carbocycles. The topological polar surface area (TPSA) is 47.6 Å². The molecule has 0 aromatic heterocycles. The number of amidine groups is 1. The third-order valence-electron chi connectivity index (χ3n) is 2.39. The maximum atomic E-state index is 6.11. The number of aliphatic imine (C=N–C) groups is 1. The van der Waals surface area contributed by atoms with Crippen LogP contribution in [0.2, 0.25) is 10.0 Å². The van der Waals surface area contributed by atoms with Gasteiger partial charge in [0.25, 0.3) is 6.02 Å². The van der Waals surface area contributed by atoms with Gasteiger partial charge in [0.1, 0.15) is 12.1 Å². The van der Waals surface area contributed by atoms with Crippen molar-refractivity contribution < 1.29 is 4.74 Å². The van der Waals surface area contributed by atoms with Crippen molar-refractivity contribution >= 4 is 29.2 Å². The number of nitrogens with zero attached hydrogens (tertiary/aromatic N) is 1. The van der Waals surface area contributed by atoms with E-state index in [1.54, 1.807) is 6.07 Å². The van der Waals surface area contributed by atoms with Gasteiger partial charge in [-0.2, -0.15) is 0 Å². The van der Waals surface area contributed by atoms with Gasteiger partial charge in [-0.1, -0.05) is 35.3 Å². The number of halogens is 2. The second-order valence-electron chi connectivity index (χ2n) is 3.61.